The number of aromatic nitrogens is 3. The largest absolute Gasteiger partial charge is 0.461 e. The van der Waals surface area contributed by atoms with Crippen molar-refractivity contribution in [1.82, 2.24) is 19.7 Å². The lowest BCUT2D eigenvalue weighted by molar-refractivity contribution is -0.132. The summed E-state index contributed by atoms with van der Waals surface area (Å²) in [6, 6.07) is 11.3. The van der Waals surface area contributed by atoms with Crippen LogP contribution in [0.5, 0.6) is 0 Å². The Morgan fingerprint density at radius 2 is 1.97 bits per heavy atom. The number of thioether (sulfide) groups is 1. The average molecular weight is 442 g/mol. The predicted molar refractivity (Wildman–Crippen MR) is 121 cm³/mol. The molecule has 164 valence electrons. The van der Waals surface area contributed by atoms with Crippen molar-refractivity contribution in [2.24, 2.45) is 0 Å². The van der Waals surface area contributed by atoms with E-state index in [2.05, 4.69) is 15.5 Å². The fourth-order valence-electron chi connectivity index (χ4n) is 3.20. The number of aryl methyl sites for hydroxylation is 1. The van der Waals surface area contributed by atoms with Gasteiger partial charge in [-0.2, -0.15) is 0 Å². The first kappa shape index (κ1) is 22.6. The lowest BCUT2D eigenvalue weighted by Gasteiger charge is -2.21. The number of para-hydroxylation sites is 1. The molecule has 0 fully saturated rings. The minimum Gasteiger partial charge on any atom is -0.461 e. The van der Waals surface area contributed by atoms with Gasteiger partial charge in [-0.1, -0.05) is 36.9 Å². The summed E-state index contributed by atoms with van der Waals surface area (Å²) >= 11 is 1.31. The Bertz CT molecular complexity index is 1030. The van der Waals surface area contributed by atoms with Gasteiger partial charge >= 0.3 is 0 Å². The van der Waals surface area contributed by atoms with E-state index < -0.39 is 5.25 Å². The topological polar surface area (TPSA) is 93.3 Å². The maximum Gasteiger partial charge on any atom is 0.243 e. The summed E-state index contributed by atoms with van der Waals surface area (Å²) in [5.74, 6) is 0.859. The Hall–Kier alpha value is -3.07. The van der Waals surface area contributed by atoms with Crippen LogP contribution >= 0.6 is 11.8 Å². The average Bonchev–Trinajstić information content (AvgIpc) is 3.42. The Balaban J connectivity index is 1.61. The van der Waals surface area contributed by atoms with Crippen LogP contribution in [0.1, 0.15) is 26.3 Å². The highest BCUT2D eigenvalue weighted by atomic mass is 32.2. The van der Waals surface area contributed by atoms with Crippen molar-refractivity contribution >= 4 is 29.3 Å². The lowest BCUT2D eigenvalue weighted by atomic mass is 10.1. The van der Waals surface area contributed by atoms with Gasteiger partial charge in [-0.3, -0.25) is 14.2 Å². The minimum absolute atomic E-state index is 0.0279. The van der Waals surface area contributed by atoms with E-state index in [1.807, 2.05) is 48.7 Å². The third-order valence-electron chi connectivity index (χ3n) is 4.83. The van der Waals surface area contributed by atoms with E-state index in [0.29, 0.717) is 23.3 Å². The summed E-state index contributed by atoms with van der Waals surface area (Å²) < 4.78 is 7.33. The van der Waals surface area contributed by atoms with Gasteiger partial charge in [0.2, 0.25) is 11.8 Å². The molecule has 0 aliphatic heterocycles. The summed E-state index contributed by atoms with van der Waals surface area (Å²) in [6.45, 7) is 6.43. The van der Waals surface area contributed by atoms with E-state index in [9.17, 15) is 9.59 Å². The van der Waals surface area contributed by atoms with Crippen molar-refractivity contribution in [3.8, 4) is 11.6 Å². The van der Waals surface area contributed by atoms with Crippen molar-refractivity contribution in [2.45, 2.75) is 44.1 Å². The van der Waals surface area contributed by atoms with Gasteiger partial charge in [-0.25, -0.2) is 0 Å². The molecule has 9 heteroatoms. The summed E-state index contributed by atoms with van der Waals surface area (Å²) in [7, 11) is 1.63. The quantitative estimate of drug-likeness (QED) is 0.509. The first-order valence-electron chi connectivity index (χ1n) is 10.2. The number of hydrogen-bond donors (Lipinski definition) is 1. The van der Waals surface area contributed by atoms with Gasteiger partial charge in [0, 0.05) is 19.3 Å². The predicted octanol–water partition coefficient (Wildman–Crippen LogP) is 3.70. The van der Waals surface area contributed by atoms with Crippen LogP contribution < -0.4 is 5.32 Å². The van der Waals surface area contributed by atoms with Crippen LogP contribution in [-0.4, -0.2) is 50.3 Å². The molecule has 8 nitrogen and oxygen atoms in total. The first-order valence-corrected chi connectivity index (χ1v) is 11.1. The number of carbonyl (C=O) groups is 2. The summed E-state index contributed by atoms with van der Waals surface area (Å²) in [6.07, 6.45) is 2.40. The van der Waals surface area contributed by atoms with Crippen molar-refractivity contribution in [1.29, 1.82) is 0 Å². The molecule has 2 amide bonds. The van der Waals surface area contributed by atoms with Gasteiger partial charge in [0.25, 0.3) is 0 Å². The number of hydrogen-bond acceptors (Lipinski definition) is 6. The first-order chi connectivity index (χ1) is 14.9. The van der Waals surface area contributed by atoms with E-state index in [4.69, 9.17) is 4.42 Å². The Kier molecular flexibility index (Phi) is 7.51. The fraction of sp³-hybridized carbons (Fsp3) is 0.364. The number of anilines is 1. The number of rotatable bonds is 9. The van der Waals surface area contributed by atoms with Crippen LogP contribution in [0.4, 0.5) is 5.69 Å². The molecular formula is C22H27N5O3S. The van der Waals surface area contributed by atoms with E-state index in [1.165, 1.54) is 16.7 Å². The lowest BCUT2D eigenvalue weighted by Crippen LogP contribution is -2.39. The number of benzene rings is 1. The molecule has 3 aromatic rings. The standard InChI is InChI=1S/C22H27N5O3S/c1-5-16-10-7-8-11-17(16)23-19(28)14-26(4)21(29)15(3)31-22-25-24-20(27(22)6-2)18-12-9-13-30-18/h7-13,15H,5-6,14H2,1-4H3,(H,23,28). The molecule has 0 radical (unpaired) electrons. The zero-order valence-corrected chi connectivity index (χ0v) is 19.0. The Morgan fingerprint density at radius 3 is 2.65 bits per heavy atom. The maximum absolute atomic E-state index is 12.8. The second-order valence-corrected chi connectivity index (χ2v) is 8.35. The minimum atomic E-state index is -0.431. The number of amides is 2. The van der Waals surface area contributed by atoms with E-state index in [1.54, 1.807) is 26.3 Å². The maximum atomic E-state index is 12.8. The molecule has 1 N–H and O–H groups in total. The van der Waals surface area contributed by atoms with Crippen LogP contribution in [0.2, 0.25) is 0 Å². The number of furan rings is 1. The third kappa shape index (κ3) is 5.35. The van der Waals surface area contributed by atoms with Crippen LogP contribution in [0, 0.1) is 0 Å². The number of carbonyl (C=O) groups excluding carboxylic acids is 2. The molecule has 3 rings (SSSR count). The summed E-state index contributed by atoms with van der Waals surface area (Å²) in [4.78, 5) is 26.7. The zero-order chi connectivity index (χ0) is 22.4. The Morgan fingerprint density at radius 1 is 1.19 bits per heavy atom. The molecule has 0 saturated carbocycles. The van der Waals surface area contributed by atoms with Gasteiger partial charge in [-0.05, 0) is 44.0 Å². The van der Waals surface area contributed by atoms with Crippen molar-refractivity contribution in [3.05, 3.63) is 48.2 Å². The van der Waals surface area contributed by atoms with Gasteiger partial charge in [0.1, 0.15) is 0 Å². The van der Waals surface area contributed by atoms with Crippen LogP contribution in [0.3, 0.4) is 0 Å². The van der Waals surface area contributed by atoms with E-state index >= 15 is 0 Å². The highest BCUT2D eigenvalue weighted by Gasteiger charge is 2.24. The molecule has 2 aromatic heterocycles. The highest BCUT2D eigenvalue weighted by Crippen LogP contribution is 2.27. The smallest absolute Gasteiger partial charge is 0.243 e. The second-order valence-electron chi connectivity index (χ2n) is 7.04. The molecule has 1 atom stereocenters. The van der Waals surface area contributed by atoms with Gasteiger partial charge in [0.05, 0.1) is 18.1 Å². The summed E-state index contributed by atoms with van der Waals surface area (Å²) in [5, 5.41) is 11.5. The monoisotopic (exact) mass is 441 g/mol. The van der Waals surface area contributed by atoms with E-state index in [-0.39, 0.29) is 18.4 Å². The molecule has 2 heterocycles. The van der Waals surface area contributed by atoms with Gasteiger partial charge in [0.15, 0.2) is 16.7 Å². The molecule has 0 spiro atoms. The number of nitrogens with one attached hydrogen (secondary N) is 1. The molecule has 0 aliphatic rings. The van der Waals surface area contributed by atoms with Crippen molar-refractivity contribution < 1.29 is 14.0 Å². The number of likely N-dealkylation sites (N-methyl/N-ethyl adjacent to an activating group) is 1. The van der Waals surface area contributed by atoms with E-state index in [0.717, 1.165) is 17.7 Å². The molecule has 0 bridgehead atoms. The SMILES string of the molecule is CCc1ccccc1NC(=O)CN(C)C(=O)C(C)Sc1nnc(-c2ccco2)n1CC. The van der Waals surface area contributed by atoms with Crippen LogP contribution in [0.15, 0.2) is 52.2 Å². The van der Waals surface area contributed by atoms with Gasteiger partial charge in [-0.15, -0.1) is 10.2 Å². The molecule has 1 aromatic carbocycles. The van der Waals surface area contributed by atoms with Crippen molar-refractivity contribution in [3.63, 3.8) is 0 Å². The fourth-order valence-corrected chi connectivity index (χ4v) is 4.23. The van der Waals surface area contributed by atoms with Crippen molar-refractivity contribution in [2.75, 3.05) is 18.9 Å². The van der Waals surface area contributed by atoms with Gasteiger partial charge < -0.3 is 14.6 Å². The Labute approximate surface area is 186 Å². The molecule has 0 aliphatic carbocycles. The van der Waals surface area contributed by atoms with Crippen LogP contribution in [0.25, 0.3) is 11.6 Å². The summed E-state index contributed by atoms with van der Waals surface area (Å²) in [5.41, 5.74) is 1.83. The second kappa shape index (κ2) is 10.3. The zero-order valence-electron chi connectivity index (χ0n) is 18.2. The third-order valence-corrected chi connectivity index (χ3v) is 5.90. The normalized spacial score (nSPS) is 11.9. The molecule has 1 unspecified atom stereocenters. The highest BCUT2D eigenvalue weighted by molar-refractivity contribution is 8.00. The molecule has 0 saturated heterocycles. The molecular weight excluding hydrogens is 414 g/mol. The molecule has 31 heavy (non-hydrogen) atoms. The number of nitrogens with zero attached hydrogens (tertiary/aromatic N) is 4. The van der Waals surface area contributed by atoms with Crippen LogP contribution in [-0.2, 0) is 22.6 Å².